The monoisotopic (exact) mass is 317 g/mol. The Labute approximate surface area is 133 Å². The molecule has 0 aliphatic carbocycles. The minimum absolute atomic E-state index is 0.0424. The summed E-state index contributed by atoms with van der Waals surface area (Å²) in [4.78, 5) is 30.4. The van der Waals surface area contributed by atoms with Crippen LogP contribution in [0.4, 0.5) is 0 Å². The van der Waals surface area contributed by atoms with E-state index in [9.17, 15) is 9.59 Å². The first-order valence-corrected chi connectivity index (χ1v) is 7.44. The number of piperidine rings is 1. The molecular weight excluding hydrogens is 298 g/mol. The van der Waals surface area contributed by atoms with E-state index in [2.05, 4.69) is 15.5 Å². The van der Waals surface area contributed by atoms with Crippen molar-refractivity contribution in [2.24, 2.45) is 7.05 Å². The number of hydrogen-bond donors (Lipinski definition) is 1. The summed E-state index contributed by atoms with van der Waals surface area (Å²) >= 11 is 0. The predicted octanol–water partition coefficient (Wildman–Crippen LogP) is 0.808. The van der Waals surface area contributed by atoms with Crippen molar-refractivity contribution in [2.75, 3.05) is 7.05 Å². The number of nitrogens with one attached hydrogen (secondary N) is 1. The fraction of sp³-hybridized carbons (Fsp3) is 0.467. The van der Waals surface area contributed by atoms with Crippen LogP contribution in [0, 0.1) is 6.92 Å². The maximum absolute atomic E-state index is 12.4. The molecule has 1 saturated heterocycles. The number of aryl methyl sites for hydroxylation is 2. The van der Waals surface area contributed by atoms with Crippen molar-refractivity contribution in [3.05, 3.63) is 35.7 Å². The van der Waals surface area contributed by atoms with Crippen molar-refractivity contribution in [1.29, 1.82) is 0 Å². The van der Waals surface area contributed by atoms with Gasteiger partial charge in [-0.1, -0.05) is 5.16 Å². The van der Waals surface area contributed by atoms with Crippen LogP contribution in [-0.4, -0.2) is 44.5 Å². The molecule has 2 atom stereocenters. The lowest BCUT2D eigenvalue weighted by Gasteiger charge is -2.38. The maximum atomic E-state index is 12.4. The first kappa shape index (κ1) is 15.3. The van der Waals surface area contributed by atoms with Gasteiger partial charge in [0.25, 0.3) is 5.91 Å². The Morgan fingerprint density at radius 1 is 1.43 bits per heavy atom. The van der Waals surface area contributed by atoms with Crippen LogP contribution in [0.1, 0.15) is 41.0 Å². The summed E-state index contributed by atoms with van der Waals surface area (Å²) in [6.07, 6.45) is 4.45. The Bertz CT molecular complexity index is 735. The summed E-state index contributed by atoms with van der Waals surface area (Å²) in [6.45, 7) is 1.73. The van der Waals surface area contributed by atoms with Crippen LogP contribution in [0.5, 0.6) is 0 Å². The lowest BCUT2D eigenvalue weighted by Crippen LogP contribution is -2.51. The van der Waals surface area contributed by atoms with Crippen LogP contribution < -0.4 is 5.32 Å². The number of aromatic nitrogens is 3. The molecule has 1 aliphatic rings. The van der Waals surface area contributed by atoms with Crippen molar-refractivity contribution in [1.82, 2.24) is 24.9 Å². The van der Waals surface area contributed by atoms with Crippen LogP contribution >= 0.6 is 0 Å². The molecule has 0 aromatic carbocycles. The number of imidazole rings is 1. The van der Waals surface area contributed by atoms with E-state index in [4.69, 9.17) is 4.52 Å². The Kier molecular flexibility index (Phi) is 3.89. The van der Waals surface area contributed by atoms with Gasteiger partial charge in [-0.15, -0.1) is 0 Å². The van der Waals surface area contributed by atoms with Gasteiger partial charge in [-0.2, -0.15) is 0 Å². The van der Waals surface area contributed by atoms with Crippen LogP contribution in [-0.2, 0) is 11.8 Å². The number of carbonyl (C=O) groups excluding carboxylic acids is 2. The van der Waals surface area contributed by atoms with Crippen LogP contribution in [0.25, 0.3) is 0 Å². The number of nitrogens with zero attached hydrogens (tertiary/aromatic N) is 4. The molecule has 2 aromatic rings. The number of likely N-dealkylation sites (tertiary alicyclic amines) is 1. The second-order valence-corrected chi connectivity index (χ2v) is 5.79. The lowest BCUT2D eigenvalue weighted by atomic mass is 9.95. The minimum Gasteiger partial charge on any atom is -0.361 e. The highest BCUT2D eigenvalue weighted by atomic mass is 16.5. The molecule has 0 spiro atoms. The van der Waals surface area contributed by atoms with Gasteiger partial charge in [-0.05, 0) is 13.3 Å². The molecule has 2 aromatic heterocycles. The fourth-order valence-electron chi connectivity index (χ4n) is 2.92. The highest BCUT2D eigenvalue weighted by molar-refractivity contribution is 5.92. The van der Waals surface area contributed by atoms with Crippen molar-refractivity contribution in [3.63, 3.8) is 0 Å². The average Bonchev–Trinajstić information content (AvgIpc) is 3.12. The van der Waals surface area contributed by atoms with Gasteiger partial charge in [0.05, 0.1) is 6.04 Å². The fourth-order valence-corrected chi connectivity index (χ4v) is 2.92. The summed E-state index contributed by atoms with van der Waals surface area (Å²) in [5, 5.41) is 6.69. The largest absolute Gasteiger partial charge is 0.361 e. The Morgan fingerprint density at radius 3 is 2.83 bits per heavy atom. The molecule has 1 fully saturated rings. The molecular formula is C15H19N5O3. The number of carbonyl (C=O) groups is 2. The van der Waals surface area contributed by atoms with Gasteiger partial charge in [-0.25, -0.2) is 4.98 Å². The Morgan fingerprint density at radius 2 is 2.22 bits per heavy atom. The normalized spacial score (nSPS) is 21.5. The van der Waals surface area contributed by atoms with E-state index in [1.807, 2.05) is 17.8 Å². The standard InChI is InChI=1S/C15H19N5O3/c1-9-8-11(18-23-9)15(22)17-10-4-5-12(21)20(3)13(10)14-16-6-7-19(14)2/h6-8,10,13H,4-5H2,1-3H3,(H,17,22)/t10-,13-/m1/s1. The van der Waals surface area contributed by atoms with E-state index in [0.717, 1.165) is 5.82 Å². The van der Waals surface area contributed by atoms with Gasteiger partial charge in [-0.3, -0.25) is 9.59 Å². The number of hydrogen-bond acceptors (Lipinski definition) is 5. The molecule has 23 heavy (non-hydrogen) atoms. The Balaban J connectivity index is 1.85. The molecule has 1 N–H and O–H groups in total. The summed E-state index contributed by atoms with van der Waals surface area (Å²) < 4.78 is 6.80. The average molecular weight is 317 g/mol. The first-order chi connectivity index (χ1) is 11.0. The topological polar surface area (TPSA) is 93.3 Å². The first-order valence-electron chi connectivity index (χ1n) is 7.44. The van der Waals surface area contributed by atoms with E-state index in [0.29, 0.717) is 18.6 Å². The molecule has 2 amide bonds. The van der Waals surface area contributed by atoms with Crippen molar-refractivity contribution in [2.45, 2.75) is 31.8 Å². The second kappa shape index (κ2) is 5.86. The summed E-state index contributed by atoms with van der Waals surface area (Å²) in [6, 6.07) is 1.04. The van der Waals surface area contributed by atoms with E-state index in [1.54, 1.807) is 31.1 Å². The van der Waals surface area contributed by atoms with E-state index in [-0.39, 0.29) is 29.6 Å². The zero-order valence-corrected chi connectivity index (χ0v) is 13.3. The zero-order chi connectivity index (χ0) is 16.6. The van der Waals surface area contributed by atoms with Crippen LogP contribution in [0.15, 0.2) is 23.0 Å². The highest BCUT2D eigenvalue weighted by Gasteiger charge is 2.38. The molecule has 122 valence electrons. The summed E-state index contributed by atoms with van der Waals surface area (Å²) in [5.41, 5.74) is 0.237. The minimum atomic E-state index is -0.312. The zero-order valence-electron chi connectivity index (χ0n) is 13.3. The van der Waals surface area contributed by atoms with Crippen molar-refractivity contribution < 1.29 is 14.1 Å². The summed E-state index contributed by atoms with van der Waals surface area (Å²) in [5.74, 6) is 1.04. The van der Waals surface area contributed by atoms with Gasteiger partial charge in [0.1, 0.15) is 17.6 Å². The van der Waals surface area contributed by atoms with Crippen molar-refractivity contribution in [3.8, 4) is 0 Å². The van der Waals surface area contributed by atoms with E-state index < -0.39 is 0 Å². The molecule has 3 rings (SSSR count). The van der Waals surface area contributed by atoms with E-state index in [1.165, 1.54) is 0 Å². The molecule has 8 heteroatoms. The molecule has 0 saturated carbocycles. The quantitative estimate of drug-likeness (QED) is 0.904. The number of likely N-dealkylation sites (N-methyl/N-ethyl adjacent to an activating group) is 1. The third-order valence-electron chi connectivity index (χ3n) is 4.16. The van der Waals surface area contributed by atoms with Gasteiger partial charge >= 0.3 is 0 Å². The highest BCUT2D eigenvalue weighted by Crippen LogP contribution is 2.29. The lowest BCUT2D eigenvalue weighted by molar-refractivity contribution is -0.136. The van der Waals surface area contributed by atoms with Gasteiger partial charge < -0.3 is 19.3 Å². The maximum Gasteiger partial charge on any atom is 0.273 e. The van der Waals surface area contributed by atoms with E-state index >= 15 is 0 Å². The van der Waals surface area contributed by atoms with Gasteiger partial charge in [0.15, 0.2) is 5.69 Å². The van der Waals surface area contributed by atoms with Gasteiger partial charge in [0, 0.05) is 39.0 Å². The molecule has 0 radical (unpaired) electrons. The number of rotatable bonds is 3. The van der Waals surface area contributed by atoms with Gasteiger partial charge in [0.2, 0.25) is 5.91 Å². The van der Waals surface area contributed by atoms with Crippen LogP contribution in [0.2, 0.25) is 0 Å². The predicted molar refractivity (Wildman–Crippen MR) is 80.4 cm³/mol. The summed E-state index contributed by atoms with van der Waals surface area (Å²) in [7, 11) is 3.61. The molecule has 1 aliphatic heterocycles. The molecule has 0 bridgehead atoms. The Hall–Kier alpha value is -2.64. The SMILES string of the molecule is Cc1cc(C(=O)N[C@@H]2CCC(=O)N(C)[C@H]2c2nccn2C)no1. The second-order valence-electron chi connectivity index (χ2n) is 5.79. The van der Waals surface area contributed by atoms with Crippen LogP contribution in [0.3, 0.4) is 0 Å². The number of amides is 2. The molecule has 3 heterocycles. The molecule has 0 unspecified atom stereocenters. The smallest absolute Gasteiger partial charge is 0.273 e. The third-order valence-corrected chi connectivity index (χ3v) is 4.16. The van der Waals surface area contributed by atoms with Crippen molar-refractivity contribution >= 4 is 11.8 Å². The molecule has 8 nitrogen and oxygen atoms in total. The third kappa shape index (κ3) is 2.84.